The first-order valence-corrected chi connectivity index (χ1v) is 24.3. The Hall–Kier alpha value is -6.35. The molecule has 1 N–H and O–H groups in total. The summed E-state index contributed by atoms with van der Waals surface area (Å²) in [5, 5.41) is 10.4. The number of fused-ring (bicyclic) bond motifs is 5. The van der Waals surface area contributed by atoms with E-state index in [0.717, 1.165) is 16.7 Å². The molecule has 0 aromatic heterocycles. The normalized spacial score (nSPS) is 23.9. The van der Waals surface area contributed by atoms with Gasteiger partial charge >= 0.3 is 0 Å². The molecule has 1 fully saturated rings. The molecular formula is C49H47FN4O8Si. The van der Waals surface area contributed by atoms with E-state index < -0.39 is 43.5 Å². The van der Waals surface area contributed by atoms with Crippen molar-refractivity contribution in [3.8, 4) is 11.5 Å². The molecule has 5 aliphatic heterocycles. The number of halogens is 1. The molecule has 4 amide bonds. The third-order valence-corrected chi connectivity index (χ3v) is 15.9. The van der Waals surface area contributed by atoms with Crippen LogP contribution in [0.3, 0.4) is 0 Å². The van der Waals surface area contributed by atoms with E-state index in [1.54, 1.807) is 63.0 Å². The van der Waals surface area contributed by atoms with E-state index in [4.69, 9.17) is 14.2 Å². The fourth-order valence-electron chi connectivity index (χ4n) is 10.6. The van der Waals surface area contributed by atoms with Crippen molar-refractivity contribution in [1.29, 1.82) is 0 Å². The standard InChI is InChI=1S/C49H47FN4O8Si/c1-30-47(63(2,3)50)43(24-44(56)51-26-33-11-5-4-10-32(33)22-36(51)27-55)62-49(30)37-23-35(54-40-13-7-9-15-42(40)61-29-46(54)58)20-21-38(37)52(48(49)59)25-31-16-18-34(19-17-31)53-39-12-6-8-14-41(39)60-28-45(53)57/h4-21,23,30,36,43,47,55H,22,24-29H2,1-3H3/t30-,36+,43+,47-,49+/m1/s1. The van der Waals surface area contributed by atoms with Gasteiger partial charge in [0.05, 0.1) is 48.8 Å². The first kappa shape index (κ1) is 40.7. The van der Waals surface area contributed by atoms with Crippen molar-refractivity contribution < 1.29 is 42.6 Å². The van der Waals surface area contributed by atoms with Gasteiger partial charge in [-0.3, -0.25) is 29.0 Å². The number of carbonyl (C=O) groups excluding carboxylic acids is 4. The van der Waals surface area contributed by atoms with Crippen LogP contribution in [0.1, 0.15) is 35.6 Å². The summed E-state index contributed by atoms with van der Waals surface area (Å²) in [6, 6.07) is 34.7. The minimum atomic E-state index is -3.69. The lowest BCUT2D eigenvalue weighted by Crippen LogP contribution is -2.48. The zero-order valence-electron chi connectivity index (χ0n) is 35.2. The Morgan fingerprint density at radius 2 is 1.37 bits per heavy atom. The number of hydrogen-bond donors (Lipinski definition) is 1. The summed E-state index contributed by atoms with van der Waals surface area (Å²) in [4.78, 5) is 63.2. The van der Waals surface area contributed by atoms with Gasteiger partial charge in [-0.05, 0) is 90.8 Å². The topological polar surface area (TPSA) is 129 Å². The number of rotatable bonds is 8. The molecule has 5 aromatic rings. The number of amides is 4. The van der Waals surface area contributed by atoms with Gasteiger partial charge in [0.2, 0.25) is 14.3 Å². The maximum Gasteiger partial charge on any atom is 0.269 e. The molecule has 0 saturated carbocycles. The number of aliphatic hydroxyl groups excluding tert-OH is 1. The predicted molar refractivity (Wildman–Crippen MR) is 236 cm³/mol. The molecule has 5 aromatic carbocycles. The smallest absolute Gasteiger partial charge is 0.269 e. The largest absolute Gasteiger partial charge is 0.482 e. The molecule has 322 valence electrons. The lowest BCUT2D eigenvalue weighted by Gasteiger charge is -2.37. The highest BCUT2D eigenvalue weighted by Gasteiger charge is 2.67. The van der Waals surface area contributed by atoms with Crippen molar-refractivity contribution in [3.63, 3.8) is 0 Å². The maximum atomic E-state index is 17.0. The second kappa shape index (κ2) is 15.5. The first-order chi connectivity index (χ1) is 30.4. The van der Waals surface area contributed by atoms with E-state index in [1.807, 2.05) is 91.9 Å². The van der Waals surface area contributed by atoms with Crippen LogP contribution >= 0.6 is 0 Å². The van der Waals surface area contributed by atoms with Gasteiger partial charge in [0.25, 0.3) is 17.7 Å². The summed E-state index contributed by atoms with van der Waals surface area (Å²) in [6.45, 7) is 4.94. The zero-order valence-corrected chi connectivity index (χ0v) is 36.2. The van der Waals surface area contributed by atoms with E-state index in [9.17, 15) is 19.5 Å². The monoisotopic (exact) mass is 866 g/mol. The Labute approximate surface area is 365 Å². The Morgan fingerprint density at radius 1 is 0.778 bits per heavy atom. The Bertz CT molecular complexity index is 2670. The van der Waals surface area contributed by atoms with Crippen LogP contribution < -0.4 is 24.2 Å². The summed E-state index contributed by atoms with van der Waals surface area (Å²) in [5.41, 5.74) is 3.69. The zero-order chi connectivity index (χ0) is 43.8. The van der Waals surface area contributed by atoms with E-state index in [-0.39, 0.29) is 50.5 Å². The molecule has 0 aliphatic carbocycles. The predicted octanol–water partition coefficient (Wildman–Crippen LogP) is 7.46. The van der Waals surface area contributed by atoms with Gasteiger partial charge in [0.1, 0.15) is 11.5 Å². The van der Waals surface area contributed by atoms with Crippen LogP contribution in [0.4, 0.5) is 32.5 Å². The summed E-state index contributed by atoms with van der Waals surface area (Å²) in [7, 11) is -3.69. The number of anilines is 5. The molecule has 10 rings (SSSR count). The molecule has 1 saturated heterocycles. The maximum absolute atomic E-state index is 17.0. The molecule has 0 bridgehead atoms. The minimum Gasteiger partial charge on any atom is -0.482 e. The van der Waals surface area contributed by atoms with Crippen LogP contribution in [0.2, 0.25) is 18.6 Å². The number of para-hydroxylation sites is 4. The molecule has 0 radical (unpaired) electrons. The number of aliphatic hydroxyl groups is 1. The van der Waals surface area contributed by atoms with Gasteiger partial charge in [-0.25, -0.2) is 0 Å². The third kappa shape index (κ3) is 6.70. The quantitative estimate of drug-likeness (QED) is 0.126. The van der Waals surface area contributed by atoms with Crippen molar-refractivity contribution in [2.45, 2.75) is 69.2 Å². The van der Waals surface area contributed by atoms with Crippen LogP contribution in [0.25, 0.3) is 0 Å². The molecule has 12 nitrogen and oxygen atoms in total. The molecule has 1 spiro atoms. The highest BCUT2D eigenvalue weighted by molar-refractivity contribution is 6.72. The number of ether oxygens (including phenoxy) is 3. The van der Waals surface area contributed by atoms with Gasteiger partial charge in [0, 0.05) is 34.9 Å². The second-order valence-electron chi connectivity index (χ2n) is 17.5. The Balaban J connectivity index is 1.03. The van der Waals surface area contributed by atoms with E-state index in [1.165, 1.54) is 0 Å². The van der Waals surface area contributed by atoms with E-state index >= 15 is 8.90 Å². The molecule has 14 heteroatoms. The molecule has 0 unspecified atom stereocenters. The number of carbonyl (C=O) groups is 4. The van der Waals surface area contributed by atoms with Gasteiger partial charge in [-0.1, -0.05) is 67.6 Å². The van der Waals surface area contributed by atoms with Gasteiger partial charge in [-0.2, -0.15) is 0 Å². The van der Waals surface area contributed by atoms with Crippen LogP contribution in [0, 0.1) is 5.92 Å². The van der Waals surface area contributed by atoms with Crippen molar-refractivity contribution in [2.24, 2.45) is 5.92 Å². The molecule has 5 aliphatic rings. The number of nitrogens with zero attached hydrogens (tertiary/aromatic N) is 4. The number of benzene rings is 5. The highest BCUT2D eigenvalue weighted by Crippen LogP contribution is 2.61. The van der Waals surface area contributed by atoms with Crippen molar-refractivity contribution in [3.05, 3.63) is 138 Å². The second-order valence-corrected chi connectivity index (χ2v) is 21.3. The van der Waals surface area contributed by atoms with Crippen LogP contribution in [0.15, 0.2) is 115 Å². The lowest BCUT2D eigenvalue weighted by atomic mass is 9.82. The van der Waals surface area contributed by atoms with Crippen LogP contribution in [-0.2, 0) is 49.0 Å². The molecular weight excluding hydrogens is 820 g/mol. The van der Waals surface area contributed by atoms with Crippen molar-refractivity contribution in [1.82, 2.24) is 4.90 Å². The summed E-state index contributed by atoms with van der Waals surface area (Å²) in [5.74, 6) is -0.769. The van der Waals surface area contributed by atoms with Gasteiger partial charge in [0.15, 0.2) is 18.8 Å². The first-order valence-electron chi connectivity index (χ1n) is 21.4. The minimum absolute atomic E-state index is 0.0954. The van der Waals surface area contributed by atoms with E-state index in [2.05, 4.69) is 0 Å². The fraction of sp³-hybridized carbons (Fsp3) is 0.306. The summed E-state index contributed by atoms with van der Waals surface area (Å²) < 4.78 is 35.4. The Kier molecular flexibility index (Phi) is 9.99. The van der Waals surface area contributed by atoms with Crippen molar-refractivity contribution in [2.75, 3.05) is 34.5 Å². The lowest BCUT2D eigenvalue weighted by molar-refractivity contribution is -0.151. The van der Waals surface area contributed by atoms with E-state index in [0.29, 0.717) is 58.5 Å². The fourth-order valence-corrected chi connectivity index (χ4v) is 13.1. The Morgan fingerprint density at radius 3 is 2.00 bits per heavy atom. The summed E-state index contributed by atoms with van der Waals surface area (Å²) in [6.07, 6.45) is -0.658. The molecule has 5 heterocycles. The molecule has 5 atom stereocenters. The highest BCUT2D eigenvalue weighted by atomic mass is 28.4. The SMILES string of the molecule is C[C@@H]1[C@@H]([Si](C)(C)F)[C@H](CC(=O)N2Cc3ccccc3C[C@H]2CO)O[C@@]12C(=O)N(Cc1ccc(N3C(=O)COc4ccccc43)cc1)c1ccc(N3C(=O)COc4ccccc43)cc12. The van der Waals surface area contributed by atoms with Crippen LogP contribution in [-0.4, -0.2) is 74.0 Å². The molecule has 63 heavy (non-hydrogen) atoms. The van der Waals surface area contributed by atoms with Crippen molar-refractivity contribution >= 4 is 60.5 Å². The van der Waals surface area contributed by atoms with Gasteiger partial charge < -0.3 is 33.2 Å². The average Bonchev–Trinajstić information content (AvgIpc) is 3.71. The van der Waals surface area contributed by atoms with Gasteiger partial charge in [-0.15, -0.1) is 0 Å². The average molecular weight is 867 g/mol. The summed E-state index contributed by atoms with van der Waals surface area (Å²) >= 11 is 0. The van der Waals surface area contributed by atoms with Crippen LogP contribution in [0.5, 0.6) is 11.5 Å². The third-order valence-electron chi connectivity index (χ3n) is 13.4. The number of hydrogen-bond acceptors (Lipinski definition) is 8.